The number of nitrogens with zero attached hydrogens (tertiary/aromatic N) is 2. The number of hydrogen-bond acceptors (Lipinski definition) is 4. The molecule has 1 N–H and O–H groups in total. The average Bonchev–Trinajstić information content (AvgIpc) is 2.68. The van der Waals surface area contributed by atoms with E-state index in [-0.39, 0.29) is 11.7 Å². The standard InChI is InChI=1S/C22H22FN3OS/c1-15(2)28-20-9-3-16(4-10-20)11-22(27)24-13-19-12-21(26-14-25-19)17-5-7-18(23)8-6-17/h3-10,12,14-15H,11,13H2,1-2H3,(H,24,27). The number of aromatic nitrogens is 2. The monoisotopic (exact) mass is 395 g/mol. The molecule has 3 rings (SSSR count). The number of amides is 1. The van der Waals surface area contributed by atoms with Crippen LogP contribution in [0.4, 0.5) is 4.39 Å². The molecule has 0 aliphatic carbocycles. The summed E-state index contributed by atoms with van der Waals surface area (Å²) in [7, 11) is 0. The van der Waals surface area contributed by atoms with Crippen molar-refractivity contribution in [3.63, 3.8) is 0 Å². The normalized spacial score (nSPS) is 10.9. The van der Waals surface area contributed by atoms with Gasteiger partial charge in [-0.25, -0.2) is 14.4 Å². The first-order valence-corrected chi connectivity index (χ1v) is 9.97. The van der Waals surface area contributed by atoms with Crippen LogP contribution < -0.4 is 5.32 Å². The molecular formula is C22H22FN3OS. The summed E-state index contributed by atoms with van der Waals surface area (Å²) >= 11 is 1.80. The maximum absolute atomic E-state index is 13.1. The van der Waals surface area contributed by atoms with Gasteiger partial charge in [-0.2, -0.15) is 0 Å². The molecule has 2 aromatic carbocycles. The zero-order valence-corrected chi connectivity index (χ0v) is 16.7. The molecule has 6 heteroatoms. The van der Waals surface area contributed by atoms with Gasteiger partial charge in [-0.15, -0.1) is 11.8 Å². The molecule has 0 bridgehead atoms. The summed E-state index contributed by atoms with van der Waals surface area (Å²) in [5.74, 6) is -0.354. The van der Waals surface area contributed by atoms with Gasteiger partial charge in [0.1, 0.15) is 12.1 Å². The Morgan fingerprint density at radius 3 is 2.46 bits per heavy atom. The maximum atomic E-state index is 13.1. The van der Waals surface area contributed by atoms with Crippen LogP contribution in [-0.2, 0) is 17.8 Å². The first-order chi connectivity index (χ1) is 13.5. The molecule has 0 aliphatic heterocycles. The van der Waals surface area contributed by atoms with Crippen LogP contribution in [0.15, 0.2) is 65.8 Å². The van der Waals surface area contributed by atoms with Crippen LogP contribution in [-0.4, -0.2) is 21.1 Å². The van der Waals surface area contributed by atoms with Crippen LogP contribution in [0.2, 0.25) is 0 Å². The number of carbonyl (C=O) groups is 1. The van der Waals surface area contributed by atoms with Crippen LogP contribution in [0.1, 0.15) is 25.1 Å². The minimum absolute atomic E-state index is 0.0637. The van der Waals surface area contributed by atoms with Gasteiger partial charge in [-0.05, 0) is 48.0 Å². The highest BCUT2D eigenvalue weighted by Crippen LogP contribution is 2.23. The second-order valence-electron chi connectivity index (χ2n) is 6.67. The van der Waals surface area contributed by atoms with Gasteiger partial charge in [0, 0.05) is 15.7 Å². The van der Waals surface area contributed by atoms with Gasteiger partial charge in [-0.3, -0.25) is 4.79 Å². The molecule has 144 valence electrons. The Kier molecular flexibility index (Phi) is 6.76. The van der Waals surface area contributed by atoms with Crippen LogP contribution in [0.3, 0.4) is 0 Å². The van der Waals surface area contributed by atoms with Crippen LogP contribution in [0, 0.1) is 5.82 Å². The summed E-state index contributed by atoms with van der Waals surface area (Å²) in [4.78, 5) is 21.9. The molecule has 1 aromatic heterocycles. The van der Waals surface area contributed by atoms with Gasteiger partial charge in [0.2, 0.25) is 5.91 Å². The molecule has 0 radical (unpaired) electrons. The highest BCUT2D eigenvalue weighted by atomic mass is 32.2. The van der Waals surface area contributed by atoms with Crippen LogP contribution in [0.25, 0.3) is 11.3 Å². The zero-order chi connectivity index (χ0) is 19.9. The molecule has 0 aliphatic rings. The molecule has 1 heterocycles. The van der Waals surface area contributed by atoms with E-state index in [1.165, 1.54) is 23.4 Å². The summed E-state index contributed by atoms with van der Waals surface area (Å²) in [6.07, 6.45) is 1.77. The lowest BCUT2D eigenvalue weighted by Crippen LogP contribution is -2.25. The molecule has 0 fully saturated rings. The number of halogens is 1. The SMILES string of the molecule is CC(C)Sc1ccc(CC(=O)NCc2cc(-c3ccc(F)cc3)ncn2)cc1. The van der Waals surface area contributed by atoms with Gasteiger partial charge in [0.25, 0.3) is 0 Å². The lowest BCUT2D eigenvalue weighted by molar-refractivity contribution is -0.120. The number of carbonyl (C=O) groups excluding carboxylic acids is 1. The predicted octanol–water partition coefficient (Wildman–Crippen LogP) is 4.64. The maximum Gasteiger partial charge on any atom is 0.224 e. The van der Waals surface area contributed by atoms with Crippen molar-refractivity contribution in [2.45, 2.75) is 37.0 Å². The van der Waals surface area contributed by atoms with Crippen molar-refractivity contribution in [1.29, 1.82) is 0 Å². The van der Waals surface area contributed by atoms with E-state index in [2.05, 4.69) is 29.1 Å². The zero-order valence-electron chi connectivity index (χ0n) is 15.9. The van der Waals surface area contributed by atoms with Gasteiger partial charge in [0.05, 0.1) is 24.4 Å². The van der Waals surface area contributed by atoms with Gasteiger partial charge in [-0.1, -0.05) is 26.0 Å². The number of nitrogens with one attached hydrogen (secondary N) is 1. The summed E-state index contributed by atoms with van der Waals surface area (Å²) in [5.41, 5.74) is 3.17. The van der Waals surface area contributed by atoms with Crippen molar-refractivity contribution in [3.8, 4) is 11.3 Å². The first-order valence-electron chi connectivity index (χ1n) is 9.09. The summed E-state index contributed by atoms with van der Waals surface area (Å²) in [6, 6.07) is 16.0. The highest BCUT2D eigenvalue weighted by Gasteiger charge is 2.07. The van der Waals surface area contributed by atoms with Gasteiger partial charge < -0.3 is 5.32 Å². The third-order valence-corrected chi connectivity index (χ3v) is 5.01. The van der Waals surface area contributed by atoms with Crippen LogP contribution in [0.5, 0.6) is 0 Å². The third kappa shape index (κ3) is 5.89. The molecule has 0 atom stereocenters. The van der Waals surface area contributed by atoms with E-state index in [0.717, 1.165) is 11.1 Å². The fourth-order valence-corrected chi connectivity index (χ4v) is 3.51. The Bertz CT molecular complexity index is 927. The average molecular weight is 396 g/mol. The molecule has 1 amide bonds. The summed E-state index contributed by atoms with van der Waals surface area (Å²) in [6.45, 7) is 4.62. The number of benzene rings is 2. The van der Waals surface area contributed by atoms with Gasteiger partial charge in [0.15, 0.2) is 0 Å². The molecule has 0 unspecified atom stereocenters. The Hall–Kier alpha value is -2.73. The van der Waals surface area contributed by atoms with E-state index in [1.54, 1.807) is 30.0 Å². The van der Waals surface area contributed by atoms with E-state index in [4.69, 9.17) is 0 Å². The molecule has 0 spiro atoms. The van der Waals surface area contributed by atoms with Crippen molar-refractivity contribution in [3.05, 3.63) is 78.0 Å². The fraction of sp³-hybridized carbons (Fsp3) is 0.227. The molecule has 3 aromatic rings. The van der Waals surface area contributed by atoms with Crippen molar-refractivity contribution in [2.75, 3.05) is 0 Å². The fourth-order valence-electron chi connectivity index (χ4n) is 2.67. The van der Waals surface area contributed by atoms with Crippen molar-refractivity contribution >= 4 is 17.7 Å². The van der Waals surface area contributed by atoms with Gasteiger partial charge >= 0.3 is 0 Å². The molecule has 28 heavy (non-hydrogen) atoms. The highest BCUT2D eigenvalue weighted by molar-refractivity contribution is 7.99. The minimum Gasteiger partial charge on any atom is -0.350 e. The van der Waals surface area contributed by atoms with E-state index in [1.807, 2.05) is 24.3 Å². The molecule has 0 saturated carbocycles. The Morgan fingerprint density at radius 1 is 1.07 bits per heavy atom. The van der Waals surface area contributed by atoms with E-state index >= 15 is 0 Å². The van der Waals surface area contributed by atoms with Crippen molar-refractivity contribution in [1.82, 2.24) is 15.3 Å². The lowest BCUT2D eigenvalue weighted by atomic mass is 10.1. The quantitative estimate of drug-likeness (QED) is 0.592. The predicted molar refractivity (Wildman–Crippen MR) is 110 cm³/mol. The van der Waals surface area contributed by atoms with E-state index in [0.29, 0.717) is 29.6 Å². The molecular weight excluding hydrogens is 373 g/mol. The molecule has 0 saturated heterocycles. The Balaban J connectivity index is 1.56. The first kappa shape index (κ1) is 20.0. The summed E-state index contributed by atoms with van der Waals surface area (Å²) < 4.78 is 13.1. The minimum atomic E-state index is -0.291. The smallest absolute Gasteiger partial charge is 0.224 e. The summed E-state index contributed by atoms with van der Waals surface area (Å²) in [5, 5.41) is 3.42. The largest absolute Gasteiger partial charge is 0.350 e. The third-order valence-electron chi connectivity index (χ3n) is 3.99. The number of rotatable bonds is 7. The Labute approximate surface area is 168 Å². The van der Waals surface area contributed by atoms with E-state index in [9.17, 15) is 9.18 Å². The molecule has 4 nitrogen and oxygen atoms in total. The second kappa shape index (κ2) is 9.46. The second-order valence-corrected chi connectivity index (χ2v) is 8.32. The van der Waals surface area contributed by atoms with E-state index < -0.39 is 0 Å². The Morgan fingerprint density at radius 2 is 1.79 bits per heavy atom. The van der Waals surface area contributed by atoms with Crippen molar-refractivity contribution < 1.29 is 9.18 Å². The number of hydrogen-bond donors (Lipinski definition) is 1. The van der Waals surface area contributed by atoms with Crippen LogP contribution >= 0.6 is 11.8 Å². The topological polar surface area (TPSA) is 54.9 Å². The number of thioether (sulfide) groups is 1. The van der Waals surface area contributed by atoms with Crippen molar-refractivity contribution in [2.24, 2.45) is 0 Å². The lowest BCUT2D eigenvalue weighted by Gasteiger charge is -2.08.